The van der Waals surface area contributed by atoms with Gasteiger partial charge in [-0.2, -0.15) is 0 Å². The second-order valence-corrected chi connectivity index (χ2v) is 6.31. The first kappa shape index (κ1) is 18.7. The lowest BCUT2D eigenvalue weighted by Crippen LogP contribution is -2.36. The van der Waals surface area contributed by atoms with E-state index in [1.807, 2.05) is 24.3 Å². The van der Waals surface area contributed by atoms with E-state index in [0.29, 0.717) is 18.9 Å². The number of amides is 1. The lowest BCUT2D eigenvalue weighted by atomic mass is 10.2. The van der Waals surface area contributed by atoms with Crippen LogP contribution in [0.2, 0.25) is 0 Å². The molecule has 8 heteroatoms. The van der Waals surface area contributed by atoms with Crippen molar-refractivity contribution < 1.29 is 14.5 Å². The van der Waals surface area contributed by atoms with Gasteiger partial charge in [0.1, 0.15) is 6.04 Å². The maximum atomic E-state index is 12.4. The predicted octanol–water partition coefficient (Wildman–Crippen LogP) is 2.87. The van der Waals surface area contributed by atoms with Gasteiger partial charge in [0.05, 0.1) is 18.1 Å². The van der Waals surface area contributed by atoms with Crippen LogP contribution in [-0.2, 0) is 9.53 Å². The summed E-state index contributed by atoms with van der Waals surface area (Å²) in [6, 6.07) is 13.3. The Morgan fingerprint density at radius 1 is 1.15 bits per heavy atom. The monoisotopic (exact) mass is 370 g/mol. The molecular weight excluding hydrogens is 348 g/mol. The lowest BCUT2D eigenvalue weighted by Gasteiger charge is -2.29. The van der Waals surface area contributed by atoms with Gasteiger partial charge in [0.15, 0.2) is 0 Å². The van der Waals surface area contributed by atoms with Gasteiger partial charge >= 0.3 is 0 Å². The van der Waals surface area contributed by atoms with Gasteiger partial charge in [0, 0.05) is 42.3 Å². The van der Waals surface area contributed by atoms with Crippen molar-refractivity contribution in [3.8, 4) is 0 Å². The van der Waals surface area contributed by atoms with Crippen LogP contribution in [0.25, 0.3) is 0 Å². The lowest BCUT2D eigenvalue weighted by molar-refractivity contribution is -0.384. The third kappa shape index (κ3) is 4.95. The normalized spacial score (nSPS) is 15.1. The van der Waals surface area contributed by atoms with E-state index >= 15 is 0 Å². The van der Waals surface area contributed by atoms with Crippen molar-refractivity contribution in [1.82, 2.24) is 0 Å². The summed E-state index contributed by atoms with van der Waals surface area (Å²) in [6.45, 7) is 4.84. The number of nitro groups is 1. The van der Waals surface area contributed by atoms with Crippen molar-refractivity contribution in [2.45, 2.75) is 13.0 Å². The van der Waals surface area contributed by atoms with Crippen LogP contribution in [0.4, 0.5) is 22.7 Å². The first-order chi connectivity index (χ1) is 13.0. The van der Waals surface area contributed by atoms with E-state index in [1.165, 1.54) is 18.2 Å². The van der Waals surface area contributed by atoms with E-state index in [9.17, 15) is 14.9 Å². The van der Waals surface area contributed by atoms with Gasteiger partial charge in [0.25, 0.3) is 5.69 Å². The second-order valence-electron chi connectivity index (χ2n) is 6.31. The van der Waals surface area contributed by atoms with E-state index in [4.69, 9.17) is 4.74 Å². The Kier molecular flexibility index (Phi) is 5.87. The van der Waals surface area contributed by atoms with Crippen LogP contribution in [0.5, 0.6) is 0 Å². The molecule has 0 aliphatic carbocycles. The summed E-state index contributed by atoms with van der Waals surface area (Å²) in [6.07, 6.45) is 0. The van der Waals surface area contributed by atoms with Crippen molar-refractivity contribution in [3.63, 3.8) is 0 Å². The summed E-state index contributed by atoms with van der Waals surface area (Å²) >= 11 is 0. The molecule has 8 nitrogen and oxygen atoms in total. The third-order valence-corrected chi connectivity index (χ3v) is 4.32. The van der Waals surface area contributed by atoms with E-state index < -0.39 is 11.0 Å². The second kappa shape index (κ2) is 8.50. The molecule has 3 rings (SSSR count). The minimum absolute atomic E-state index is 0.0633. The number of ether oxygens (including phenoxy) is 1. The third-order valence-electron chi connectivity index (χ3n) is 4.32. The van der Waals surface area contributed by atoms with Crippen LogP contribution in [0, 0.1) is 10.1 Å². The van der Waals surface area contributed by atoms with Gasteiger partial charge < -0.3 is 20.3 Å². The Balaban J connectivity index is 1.62. The number of benzene rings is 2. The van der Waals surface area contributed by atoms with Crippen molar-refractivity contribution in [3.05, 3.63) is 58.6 Å². The van der Waals surface area contributed by atoms with E-state index in [2.05, 4.69) is 15.5 Å². The number of anilines is 3. The van der Waals surface area contributed by atoms with Crippen LogP contribution < -0.4 is 15.5 Å². The molecule has 1 fully saturated rings. The Labute approximate surface area is 157 Å². The topological polar surface area (TPSA) is 96.7 Å². The van der Waals surface area contributed by atoms with Gasteiger partial charge in [0.2, 0.25) is 5.91 Å². The highest BCUT2D eigenvalue weighted by molar-refractivity contribution is 5.96. The molecule has 2 aromatic carbocycles. The summed E-state index contributed by atoms with van der Waals surface area (Å²) in [5.74, 6) is -0.271. The van der Waals surface area contributed by atoms with Crippen LogP contribution in [0.3, 0.4) is 0 Å². The molecule has 1 unspecified atom stereocenters. The Morgan fingerprint density at radius 2 is 1.85 bits per heavy atom. The van der Waals surface area contributed by atoms with Gasteiger partial charge in [-0.15, -0.1) is 0 Å². The maximum Gasteiger partial charge on any atom is 0.271 e. The number of hydrogen-bond donors (Lipinski definition) is 2. The summed E-state index contributed by atoms with van der Waals surface area (Å²) in [5.41, 5.74) is 2.24. The zero-order chi connectivity index (χ0) is 19.2. The van der Waals surface area contributed by atoms with E-state index in [1.54, 1.807) is 13.0 Å². The van der Waals surface area contributed by atoms with E-state index in [0.717, 1.165) is 24.5 Å². The molecule has 1 atom stereocenters. The Bertz CT molecular complexity index is 821. The molecule has 2 N–H and O–H groups in total. The number of carbonyl (C=O) groups is 1. The molecule has 0 spiro atoms. The average Bonchev–Trinajstić information content (AvgIpc) is 2.69. The molecule has 1 heterocycles. The zero-order valence-electron chi connectivity index (χ0n) is 15.1. The highest BCUT2D eigenvalue weighted by atomic mass is 16.6. The number of nitro benzene ring substituents is 1. The number of hydrogen-bond acceptors (Lipinski definition) is 6. The molecule has 1 amide bonds. The number of non-ortho nitro benzene ring substituents is 1. The molecule has 1 aliphatic rings. The van der Waals surface area contributed by atoms with Crippen molar-refractivity contribution in [1.29, 1.82) is 0 Å². The first-order valence-electron chi connectivity index (χ1n) is 8.77. The summed E-state index contributed by atoms with van der Waals surface area (Å²) < 4.78 is 5.37. The summed E-state index contributed by atoms with van der Waals surface area (Å²) in [5, 5.41) is 16.7. The fraction of sp³-hybridized carbons (Fsp3) is 0.316. The van der Waals surface area contributed by atoms with Crippen molar-refractivity contribution in [2.24, 2.45) is 0 Å². The van der Waals surface area contributed by atoms with Crippen LogP contribution in [0.1, 0.15) is 6.92 Å². The Hall–Kier alpha value is -3.13. The maximum absolute atomic E-state index is 12.4. The molecule has 0 saturated carbocycles. The van der Waals surface area contributed by atoms with Crippen molar-refractivity contribution >= 4 is 28.7 Å². The zero-order valence-corrected chi connectivity index (χ0v) is 15.1. The Morgan fingerprint density at radius 3 is 2.59 bits per heavy atom. The summed E-state index contributed by atoms with van der Waals surface area (Å²) in [4.78, 5) is 25.0. The smallest absolute Gasteiger partial charge is 0.271 e. The van der Waals surface area contributed by atoms with Gasteiger partial charge in [-0.25, -0.2) is 0 Å². The van der Waals surface area contributed by atoms with Crippen LogP contribution in [0.15, 0.2) is 48.5 Å². The fourth-order valence-electron chi connectivity index (χ4n) is 2.88. The molecule has 0 radical (unpaired) electrons. The quantitative estimate of drug-likeness (QED) is 0.599. The molecular formula is C19H22N4O4. The SMILES string of the molecule is CC(Nc1cccc(N2CCOCC2)c1)C(=O)Nc1cccc([N+](=O)[O-])c1. The van der Waals surface area contributed by atoms with Gasteiger partial charge in [-0.3, -0.25) is 14.9 Å². The highest BCUT2D eigenvalue weighted by Crippen LogP contribution is 2.22. The molecule has 2 aromatic rings. The number of carbonyl (C=O) groups excluding carboxylic acids is 1. The number of rotatable bonds is 6. The number of nitrogens with zero attached hydrogens (tertiary/aromatic N) is 2. The minimum atomic E-state index is -0.510. The summed E-state index contributed by atoms with van der Waals surface area (Å²) in [7, 11) is 0. The number of nitrogens with one attached hydrogen (secondary N) is 2. The van der Waals surface area contributed by atoms with Crippen LogP contribution >= 0.6 is 0 Å². The number of morpholine rings is 1. The molecule has 0 bridgehead atoms. The average molecular weight is 370 g/mol. The predicted molar refractivity (Wildman–Crippen MR) is 104 cm³/mol. The van der Waals surface area contributed by atoms with Gasteiger partial charge in [-0.1, -0.05) is 12.1 Å². The minimum Gasteiger partial charge on any atom is -0.378 e. The highest BCUT2D eigenvalue weighted by Gasteiger charge is 2.16. The fourth-order valence-corrected chi connectivity index (χ4v) is 2.88. The van der Waals surface area contributed by atoms with Gasteiger partial charge in [-0.05, 0) is 31.2 Å². The molecule has 1 aliphatic heterocycles. The molecule has 142 valence electrons. The standard InChI is InChI=1S/C19H22N4O4/c1-14(19(24)21-16-5-3-7-18(13-16)23(25)26)20-15-4-2-6-17(12-15)22-8-10-27-11-9-22/h2-7,12-14,20H,8-11H2,1H3,(H,21,24). The largest absolute Gasteiger partial charge is 0.378 e. The molecule has 27 heavy (non-hydrogen) atoms. The molecule has 0 aromatic heterocycles. The van der Waals surface area contributed by atoms with E-state index in [-0.39, 0.29) is 11.6 Å². The van der Waals surface area contributed by atoms with Crippen LogP contribution in [-0.4, -0.2) is 43.2 Å². The molecule has 1 saturated heterocycles. The first-order valence-corrected chi connectivity index (χ1v) is 8.77. The van der Waals surface area contributed by atoms with Crippen molar-refractivity contribution in [2.75, 3.05) is 41.8 Å².